The third-order valence-corrected chi connectivity index (χ3v) is 2.59. The number of fused-ring (bicyclic) bond motifs is 1. The van der Waals surface area contributed by atoms with Crippen molar-refractivity contribution in [1.29, 1.82) is 0 Å². The Kier molecular flexibility index (Phi) is 3.23. The number of ether oxygens (including phenoxy) is 1. The van der Waals surface area contributed by atoms with E-state index >= 15 is 0 Å². The van der Waals surface area contributed by atoms with E-state index in [0.717, 1.165) is 0 Å². The fourth-order valence-electron chi connectivity index (χ4n) is 1.84. The van der Waals surface area contributed by atoms with Gasteiger partial charge in [0.2, 0.25) is 0 Å². The minimum Gasteiger partial charge on any atom is -0.462 e. The zero-order valence-corrected chi connectivity index (χ0v) is 9.75. The van der Waals surface area contributed by atoms with Gasteiger partial charge < -0.3 is 4.74 Å². The Morgan fingerprint density at radius 3 is 2.56 bits per heavy atom. The average Bonchev–Trinajstić information content (AvgIpc) is 2.37. The molecular weight excluding hydrogens is 234 g/mol. The van der Waals surface area contributed by atoms with Crippen LogP contribution in [0.1, 0.15) is 17.3 Å². The highest BCUT2D eigenvalue weighted by Gasteiger charge is 2.16. The molecule has 0 aliphatic heterocycles. The van der Waals surface area contributed by atoms with Crippen LogP contribution in [0.4, 0.5) is 5.69 Å². The van der Waals surface area contributed by atoms with Crippen molar-refractivity contribution in [1.82, 2.24) is 0 Å². The lowest BCUT2D eigenvalue weighted by Crippen LogP contribution is -2.05. The molecule has 0 N–H and O–H groups in total. The monoisotopic (exact) mass is 245 g/mol. The molecule has 2 aromatic rings. The van der Waals surface area contributed by atoms with Gasteiger partial charge in [-0.3, -0.25) is 10.1 Å². The van der Waals surface area contributed by atoms with E-state index in [4.69, 9.17) is 4.74 Å². The summed E-state index contributed by atoms with van der Waals surface area (Å²) in [6.07, 6.45) is 0. The number of carbonyl (C=O) groups excluding carboxylic acids is 1. The van der Waals surface area contributed by atoms with Gasteiger partial charge in [-0.2, -0.15) is 0 Å². The molecular formula is C13H11NO4. The highest BCUT2D eigenvalue weighted by atomic mass is 16.6. The van der Waals surface area contributed by atoms with Gasteiger partial charge in [-0.15, -0.1) is 0 Å². The number of nitro groups is 1. The predicted molar refractivity (Wildman–Crippen MR) is 66.6 cm³/mol. The van der Waals surface area contributed by atoms with E-state index in [1.165, 1.54) is 6.07 Å². The summed E-state index contributed by atoms with van der Waals surface area (Å²) in [6.45, 7) is 1.98. The van der Waals surface area contributed by atoms with Crippen molar-refractivity contribution < 1.29 is 14.5 Å². The van der Waals surface area contributed by atoms with Gasteiger partial charge in [-0.1, -0.05) is 18.2 Å². The third kappa shape index (κ3) is 2.02. The van der Waals surface area contributed by atoms with Gasteiger partial charge in [0, 0.05) is 11.5 Å². The summed E-state index contributed by atoms with van der Waals surface area (Å²) in [4.78, 5) is 22.2. The Labute approximate surface area is 103 Å². The summed E-state index contributed by atoms with van der Waals surface area (Å²) in [5.74, 6) is -0.469. The Balaban J connectivity index is 2.67. The van der Waals surface area contributed by atoms with Gasteiger partial charge >= 0.3 is 5.97 Å². The lowest BCUT2D eigenvalue weighted by molar-refractivity contribution is -0.383. The van der Waals surface area contributed by atoms with Crippen LogP contribution in [0.3, 0.4) is 0 Å². The number of esters is 1. The third-order valence-electron chi connectivity index (χ3n) is 2.59. The zero-order chi connectivity index (χ0) is 13.1. The molecule has 2 aromatic carbocycles. The fraction of sp³-hybridized carbons (Fsp3) is 0.154. The zero-order valence-electron chi connectivity index (χ0n) is 9.75. The Morgan fingerprint density at radius 2 is 1.89 bits per heavy atom. The van der Waals surface area contributed by atoms with Gasteiger partial charge in [-0.25, -0.2) is 4.79 Å². The predicted octanol–water partition coefficient (Wildman–Crippen LogP) is 2.92. The lowest BCUT2D eigenvalue weighted by atomic mass is 10.0. The highest BCUT2D eigenvalue weighted by molar-refractivity contribution is 6.06. The molecule has 0 amide bonds. The molecule has 0 bridgehead atoms. The summed E-state index contributed by atoms with van der Waals surface area (Å²) in [5.41, 5.74) is 0.330. The van der Waals surface area contributed by atoms with Crippen LogP contribution < -0.4 is 0 Å². The molecule has 0 spiro atoms. The van der Waals surface area contributed by atoms with Crippen LogP contribution in [-0.2, 0) is 4.74 Å². The molecule has 0 aromatic heterocycles. The van der Waals surface area contributed by atoms with E-state index in [2.05, 4.69) is 0 Å². The minimum atomic E-state index is -0.469. The van der Waals surface area contributed by atoms with E-state index in [0.29, 0.717) is 16.3 Å². The number of nitro benzene ring substituents is 1. The van der Waals surface area contributed by atoms with Crippen LogP contribution in [0, 0.1) is 10.1 Å². The second-order valence-electron chi connectivity index (χ2n) is 3.66. The normalized spacial score (nSPS) is 10.3. The molecule has 92 valence electrons. The Hall–Kier alpha value is -2.43. The average molecular weight is 245 g/mol. The fourth-order valence-corrected chi connectivity index (χ4v) is 1.84. The Morgan fingerprint density at radius 1 is 1.22 bits per heavy atom. The maximum absolute atomic E-state index is 11.7. The first-order valence-corrected chi connectivity index (χ1v) is 5.48. The van der Waals surface area contributed by atoms with Crippen LogP contribution in [-0.4, -0.2) is 17.5 Å². The van der Waals surface area contributed by atoms with E-state index in [1.54, 1.807) is 37.3 Å². The highest BCUT2D eigenvalue weighted by Crippen LogP contribution is 2.27. The number of carbonyl (C=O) groups is 1. The molecule has 5 heteroatoms. The summed E-state index contributed by atoms with van der Waals surface area (Å²) in [6, 6.07) is 9.48. The molecule has 0 saturated carbocycles. The molecule has 0 heterocycles. The summed E-state index contributed by atoms with van der Waals surface area (Å²) < 4.78 is 4.93. The summed E-state index contributed by atoms with van der Waals surface area (Å²) >= 11 is 0. The molecule has 0 aliphatic rings. The Bertz CT molecular complexity index is 621. The number of hydrogen-bond acceptors (Lipinski definition) is 4. The molecule has 0 saturated heterocycles. The molecule has 0 aliphatic carbocycles. The molecule has 0 atom stereocenters. The van der Waals surface area contributed by atoms with Gasteiger partial charge in [-0.05, 0) is 19.1 Å². The van der Waals surface area contributed by atoms with E-state index in [9.17, 15) is 14.9 Å². The summed E-state index contributed by atoms with van der Waals surface area (Å²) in [7, 11) is 0. The topological polar surface area (TPSA) is 69.4 Å². The molecule has 5 nitrogen and oxygen atoms in total. The van der Waals surface area contributed by atoms with Crippen molar-refractivity contribution in [2.45, 2.75) is 6.92 Å². The van der Waals surface area contributed by atoms with Crippen molar-refractivity contribution in [3.05, 3.63) is 52.1 Å². The maximum Gasteiger partial charge on any atom is 0.338 e. The molecule has 0 unspecified atom stereocenters. The first kappa shape index (κ1) is 12.0. The van der Waals surface area contributed by atoms with E-state index in [1.807, 2.05) is 0 Å². The van der Waals surface area contributed by atoms with Crippen molar-refractivity contribution in [3.8, 4) is 0 Å². The van der Waals surface area contributed by atoms with Crippen LogP contribution in [0.2, 0.25) is 0 Å². The first-order chi connectivity index (χ1) is 8.65. The standard InChI is InChI=1S/C13H11NO4/c1-2-18-13(15)11-7-3-6-10-9(11)5-4-8-12(10)14(16)17/h3-8H,2H2,1H3. The SMILES string of the molecule is CCOC(=O)c1cccc2c([N+](=O)[O-])cccc12. The van der Waals surface area contributed by atoms with Crippen LogP contribution >= 0.6 is 0 Å². The molecule has 18 heavy (non-hydrogen) atoms. The van der Waals surface area contributed by atoms with Gasteiger partial charge in [0.05, 0.1) is 22.5 Å². The maximum atomic E-state index is 11.7. The van der Waals surface area contributed by atoms with Crippen LogP contribution in [0.5, 0.6) is 0 Å². The molecule has 0 fully saturated rings. The van der Waals surface area contributed by atoms with Crippen LogP contribution in [0.15, 0.2) is 36.4 Å². The second-order valence-corrected chi connectivity index (χ2v) is 3.66. The van der Waals surface area contributed by atoms with Crippen molar-refractivity contribution in [3.63, 3.8) is 0 Å². The second kappa shape index (κ2) is 4.83. The van der Waals surface area contributed by atoms with Gasteiger partial charge in [0.25, 0.3) is 5.69 Å². The molecule has 0 radical (unpaired) electrons. The number of rotatable bonds is 3. The van der Waals surface area contributed by atoms with Gasteiger partial charge in [0.15, 0.2) is 0 Å². The quantitative estimate of drug-likeness (QED) is 0.473. The smallest absolute Gasteiger partial charge is 0.338 e. The number of benzene rings is 2. The minimum absolute atomic E-state index is 0.0151. The largest absolute Gasteiger partial charge is 0.462 e. The van der Waals surface area contributed by atoms with Crippen molar-refractivity contribution in [2.24, 2.45) is 0 Å². The van der Waals surface area contributed by atoms with Crippen molar-refractivity contribution in [2.75, 3.05) is 6.61 Å². The summed E-state index contributed by atoms with van der Waals surface area (Å²) in [5, 5.41) is 11.9. The number of nitrogens with zero attached hydrogens (tertiary/aromatic N) is 1. The molecule has 2 rings (SSSR count). The number of non-ortho nitro benzene ring substituents is 1. The van der Waals surface area contributed by atoms with E-state index in [-0.39, 0.29) is 12.3 Å². The van der Waals surface area contributed by atoms with Crippen LogP contribution in [0.25, 0.3) is 10.8 Å². The first-order valence-electron chi connectivity index (χ1n) is 5.48. The lowest BCUT2D eigenvalue weighted by Gasteiger charge is -2.06. The van der Waals surface area contributed by atoms with Gasteiger partial charge in [0.1, 0.15) is 0 Å². The van der Waals surface area contributed by atoms with Crippen molar-refractivity contribution >= 4 is 22.4 Å². The van der Waals surface area contributed by atoms with E-state index < -0.39 is 10.9 Å². The number of hydrogen-bond donors (Lipinski definition) is 0.